The van der Waals surface area contributed by atoms with Gasteiger partial charge in [-0.15, -0.1) is 11.3 Å². The largest absolute Gasteiger partial charge is 0.347 e. The highest BCUT2D eigenvalue weighted by Crippen LogP contribution is 2.21. The van der Waals surface area contributed by atoms with E-state index in [1.807, 2.05) is 11.4 Å². The van der Waals surface area contributed by atoms with Gasteiger partial charge >= 0.3 is 0 Å². The summed E-state index contributed by atoms with van der Waals surface area (Å²) in [5, 5.41) is 5.25. The third-order valence-corrected chi connectivity index (χ3v) is 4.32. The summed E-state index contributed by atoms with van der Waals surface area (Å²) < 4.78 is 1.00. The number of hydrogen-bond acceptors (Lipinski definition) is 3. The summed E-state index contributed by atoms with van der Waals surface area (Å²) in [7, 11) is 0. The van der Waals surface area contributed by atoms with Gasteiger partial charge in [-0.25, -0.2) is 4.98 Å². The minimum atomic E-state index is -0.270. The fraction of sp³-hybridized carbons (Fsp3) is 0.0909. The van der Waals surface area contributed by atoms with Gasteiger partial charge in [0, 0.05) is 20.9 Å². The van der Waals surface area contributed by atoms with E-state index < -0.39 is 0 Å². The first kappa shape index (κ1) is 13.8. The van der Waals surface area contributed by atoms with Crippen molar-refractivity contribution in [3.63, 3.8) is 0 Å². The summed E-state index contributed by atoms with van der Waals surface area (Å²) >= 11 is 16.5. The summed E-state index contributed by atoms with van der Waals surface area (Å²) in [5.41, 5.74) is 0.326. The van der Waals surface area contributed by atoms with Gasteiger partial charge in [0.25, 0.3) is 5.91 Å². The zero-order chi connectivity index (χ0) is 13.1. The number of nitrogens with zero attached hydrogens (tertiary/aromatic N) is 1. The minimum absolute atomic E-state index is 0.239. The first-order chi connectivity index (χ1) is 8.56. The van der Waals surface area contributed by atoms with E-state index in [-0.39, 0.29) is 16.1 Å². The van der Waals surface area contributed by atoms with Crippen LogP contribution in [0, 0.1) is 0 Å². The number of carbonyl (C=O) groups is 1. The average Bonchev–Trinajstić information content (AvgIpc) is 2.75. The van der Waals surface area contributed by atoms with Crippen molar-refractivity contribution in [1.82, 2.24) is 10.3 Å². The second-order valence-corrected chi connectivity index (χ2v) is 6.11. The molecular formula is C11H7BrCl2N2OS. The lowest BCUT2D eigenvalue weighted by Crippen LogP contribution is -2.22. The Bertz CT molecular complexity index is 588. The highest BCUT2D eigenvalue weighted by Gasteiger charge is 2.11. The van der Waals surface area contributed by atoms with Crippen LogP contribution in [0.15, 0.2) is 28.2 Å². The average molecular weight is 366 g/mol. The molecule has 94 valence electrons. The van der Waals surface area contributed by atoms with E-state index in [1.165, 1.54) is 12.3 Å². The molecule has 2 rings (SSSR count). The smallest absolute Gasteiger partial charge is 0.253 e. The molecule has 1 amide bonds. The molecular weight excluding hydrogens is 359 g/mol. The molecule has 2 aromatic heterocycles. The molecule has 0 spiro atoms. The summed E-state index contributed by atoms with van der Waals surface area (Å²) in [6, 6.07) is 3.40. The maximum absolute atomic E-state index is 11.9. The molecule has 0 aromatic carbocycles. The zero-order valence-corrected chi connectivity index (χ0v) is 12.8. The number of amides is 1. The lowest BCUT2D eigenvalue weighted by molar-refractivity contribution is 0.0951. The molecule has 3 nitrogen and oxygen atoms in total. The predicted octanol–water partition coefficient (Wildman–Crippen LogP) is 4.14. The topological polar surface area (TPSA) is 42.0 Å². The Labute approximate surface area is 126 Å². The number of hydrogen-bond donors (Lipinski definition) is 1. The quantitative estimate of drug-likeness (QED) is 0.830. The van der Waals surface area contributed by atoms with Gasteiger partial charge in [-0.05, 0) is 28.1 Å². The van der Waals surface area contributed by atoms with Crippen LogP contribution in [0.3, 0.4) is 0 Å². The number of rotatable bonds is 3. The third-order valence-electron chi connectivity index (χ3n) is 2.11. The molecule has 0 fully saturated rings. The Balaban J connectivity index is 2.05. The van der Waals surface area contributed by atoms with E-state index in [9.17, 15) is 4.79 Å². The van der Waals surface area contributed by atoms with Crippen molar-refractivity contribution < 1.29 is 4.79 Å². The number of carbonyl (C=O) groups excluding carboxylic acids is 1. The standard InChI is InChI=1S/C11H7BrCl2N2OS/c12-6-1-7(18-5-6)3-16-11(17)8-2-10(14)15-4-9(8)13/h1-2,4-5H,3H2,(H,16,17). The van der Waals surface area contributed by atoms with Crippen molar-refractivity contribution in [2.45, 2.75) is 6.54 Å². The third kappa shape index (κ3) is 3.45. The highest BCUT2D eigenvalue weighted by atomic mass is 79.9. The number of thiophene rings is 1. The van der Waals surface area contributed by atoms with Crippen molar-refractivity contribution in [2.24, 2.45) is 0 Å². The number of nitrogens with one attached hydrogen (secondary N) is 1. The van der Waals surface area contributed by atoms with Gasteiger partial charge in [-0.3, -0.25) is 4.79 Å². The van der Waals surface area contributed by atoms with Crippen LogP contribution in [0.5, 0.6) is 0 Å². The van der Waals surface area contributed by atoms with Crippen LogP contribution in [0.2, 0.25) is 10.2 Å². The second-order valence-electron chi connectivity index (χ2n) is 3.40. The molecule has 18 heavy (non-hydrogen) atoms. The fourth-order valence-corrected chi connectivity index (χ4v) is 3.03. The summed E-state index contributed by atoms with van der Waals surface area (Å²) in [6.07, 6.45) is 1.36. The Morgan fingerprint density at radius 1 is 1.44 bits per heavy atom. The second kappa shape index (κ2) is 6.02. The molecule has 0 aliphatic heterocycles. The predicted molar refractivity (Wildman–Crippen MR) is 77.4 cm³/mol. The lowest BCUT2D eigenvalue weighted by Gasteiger charge is -2.05. The number of aromatic nitrogens is 1. The molecule has 7 heteroatoms. The van der Waals surface area contributed by atoms with Gasteiger partial charge in [-0.1, -0.05) is 23.2 Å². The van der Waals surface area contributed by atoms with Gasteiger partial charge in [0.1, 0.15) is 5.15 Å². The van der Waals surface area contributed by atoms with E-state index in [2.05, 4.69) is 26.2 Å². The van der Waals surface area contributed by atoms with Crippen LogP contribution in [-0.4, -0.2) is 10.9 Å². The van der Waals surface area contributed by atoms with Crippen molar-refractivity contribution >= 4 is 56.4 Å². The molecule has 0 atom stereocenters. The SMILES string of the molecule is O=C(NCc1cc(Br)cs1)c1cc(Cl)ncc1Cl. The van der Waals surface area contributed by atoms with E-state index in [0.717, 1.165) is 9.35 Å². The summed E-state index contributed by atoms with van der Waals surface area (Å²) in [5.74, 6) is -0.270. The van der Waals surface area contributed by atoms with Crippen molar-refractivity contribution in [1.29, 1.82) is 0 Å². The molecule has 0 aliphatic rings. The number of halogens is 3. The van der Waals surface area contributed by atoms with Gasteiger partial charge in [-0.2, -0.15) is 0 Å². The normalized spacial score (nSPS) is 10.4. The molecule has 2 heterocycles. The maximum atomic E-state index is 11.9. The maximum Gasteiger partial charge on any atom is 0.253 e. The summed E-state index contributed by atoms with van der Waals surface area (Å²) in [4.78, 5) is 16.7. The van der Waals surface area contributed by atoms with Crippen molar-refractivity contribution in [2.75, 3.05) is 0 Å². The van der Waals surface area contributed by atoms with Crippen LogP contribution >= 0.6 is 50.5 Å². The lowest BCUT2D eigenvalue weighted by atomic mass is 10.2. The Hall–Kier alpha value is -0.620. The Kier molecular flexibility index (Phi) is 4.61. The number of pyridine rings is 1. The highest BCUT2D eigenvalue weighted by molar-refractivity contribution is 9.10. The van der Waals surface area contributed by atoms with Gasteiger partial charge < -0.3 is 5.32 Å². The molecule has 0 saturated carbocycles. The molecule has 0 unspecified atom stereocenters. The molecule has 0 radical (unpaired) electrons. The molecule has 0 saturated heterocycles. The zero-order valence-electron chi connectivity index (χ0n) is 8.91. The van der Waals surface area contributed by atoms with Crippen LogP contribution in [-0.2, 0) is 6.54 Å². The fourth-order valence-electron chi connectivity index (χ4n) is 1.30. The van der Waals surface area contributed by atoms with E-state index >= 15 is 0 Å². The van der Waals surface area contributed by atoms with Gasteiger partial charge in [0.15, 0.2) is 0 Å². The van der Waals surface area contributed by atoms with Crippen LogP contribution in [0.4, 0.5) is 0 Å². The van der Waals surface area contributed by atoms with Gasteiger partial charge in [0.05, 0.1) is 17.1 Å². The molecule has 1 N–H and O–H groups in total. The monoisotopic (exact) mass is 364 g/mol. The Morgan fingerprint density at radius 2 is 2.22 bits per heavy atom. The van der Waals surface area contributed by atoms with Crippen LogP contribution in [0.1, 0.15) is 15.2 Å². The van der Waals surface area contributed by atoms with Crippen LogP contribution < -0.4 is 5.32 Å². The minimum Gasteiger partial charge on any atom is -0.347 e. The molecule has 0 aliphatic carbocycles. The molecule has 2 aromatic rings. The first-order valence-corrected chi connectivity index (χ1v) is 7.31. The van der Waals surface area contributed by atoms with E-state index in [1.54, 1.807) is 11.3 Å². The Morgan fingerprint density at radius 3 is 2.89 bits per heavy atom. The summed E-state index contributed by atoms with van der Waals surface area (Å²) in [6.45, 7) is 0.450. The van der Waals surface area contributed by atoms with Crippen molar-refractivity contribution in [3.8, 4) is 0 Å². The van der Waals surface area contributed by atoms with Gasteiger partial charge in [0.2, 0.25) is 0 Å². The first-order valence-electron chi connectivity index (χ1n) is 4.88. The van der Waals surface area contributed by atoms with E-state index in [4.69, 9.17) is 23.2 Å². The van der Waals surface area contributed by atoms with E-state index in [0.29, 0.717) is 12.1 Å². The molecule has 0 bridgehead atoms. The van der Waals surface area contributed by atoms with Crippen molar-refractivity contribution in [3.05, 3.63) is 48.8 Å². The van der Waals surface area contributed by atoms with Crippen LogP contribution in [0.25, 0.3) is 0 Å².